The first kappa shape index (κ1) is 13.6. The highest BCUT2D eigenvalue weighted by Gasteiger charge is 2.56. The maximum Gasteiger partial charge on any atom is 0.157 e. The number of allylic oxidation sites excluding steroid dienone is 1. The van der Waals surface area contributed by atoms with Crippen LogP contribution in [0.25, 0.3) is 0 Å². The maximum atomic E-state index is 11.1. The monoisotopic (exact) mass is 268 g/mol. The molecule has 4 aliphatic rings. The fourth-order valence-electron chi connectivity index (χ4n) is 3.98. The molecule has 1 saturated heterocycles. The number of fused-ring (bicyclic) bond motifs is 2. The van der Waals surface area contributed by atoms with Crippen LogP contribution in [-0.4, -0.2) is 42.9 Å². The minimum atomic E-state index is -0.778. The smallest absolute Gasteiger partial charge is 0.157 e. The highest BCUT2D eigenvalue weighted by molar-refractivity contribution is 5.28. The molecule has 2 fully saturated rings. The molecule has 19 heavy (non-hydrogen) atoms. The van der Waals surface area contributed by atoms with E-state index >= 15 is 0 Å². The molecule has 0 aromatic heterocycles. The van der Waals surface area contributed by atoms with Gasteiger partial charge in [-0.3, -0.25) is 0 Å². The average Bonchev–Trinajstić information content (AvgIpc) is 2.92. The van der Waals surface area contributed by atoms with Gasteiger partial charge in [-0.15, -0.1) is 0 Å². The van der Waals surface area contributed by atoms with Crippen LogP contribution in [0.5, 0.6) is 0 Å². The molecule has 0 amide bonds. The van der Waals surface area contributed by atoms with Crippen molar-refractivity contribution in [3.63, 3.8) is 0 Å². The van der Waals surface area contributed by atoms with E-state index in [9.17, 15) is 5.11 Å². The second kappa shape index (κ2) is 4.85. The summed E-state index contributed by atoms with van der Waals surface area (Å²) >= 11 is 0. The van der Waals surface area contributed by atoms with E-state index in [2.05, 4.69) is 13.0 Å². The van der Waals surface area contributed by atoms with Crippen LogP contribution >= 0.6 is 0 Å². The zero-order valence-corrected chi connectivity index (χ0v) is 11.9. The Morgan fingerprint density at radius 2 is 2.16 bits per heavy atom. The molecule has 0 radical (unpaired) electrons. The molecule has 1 saturated carbocycles. The number of aliphatic hydroxyl groups is 1. The van der Waals surface area contributed by atoms with E-state index < -0.39 is 11.2 Å². The minimum absolute atomic E-state index is 0.150. The summed E-state index contributed by atoms with van der Waals surface area (Å²) in [7, 11) is 1.71. The van der Waals surface area contributed by atoms with Crippen molar-refractivity contribution in [3.8, 4) is 0 Å². The number of hydrogen-bond acceptors (Lipinski definition) is 4. The van der Waals surface area contributed by atoms with Gasteiger partial charge in [0.25, 0.3) is 0 Å². The van der Waals surface area contributed by atoms with Gasteiger partial charge >= 0.3 is 0 Å². The van der Waals surface area contributed by atoms with E-state index in [0.717, 1.165) is 25.7 Å². The Kier molecular flexibility index (Phi) is 3.46. The van der Waals surface area contributed by atoms with Crippen LogP contribution in [0.1, 0.15) is 39.0 Å². The topological polar surface area (TPSA) is 47.9 Å². The Morgan fingerprint density at radius 3 is 2.79 bits per heavy atom. The molecule has 2 bridgehead atoms. The van der Waals surface area contributed by atoms with Gasteiger partial charge in [0, 0.05) is 13.5 Å². The van der Waals surface area contributed by atoms with E-state index in [1.54, 1.807) is 7.11 Å². The van der Waals surface area contributed by atoms with Crippen molar-refractivity contribution in [2.75, 3.05) is 20.3 Å². The molecule has 108 valence electrons. The second-order valence-corrected chi connectivity index (χ2v) is 6.16. The summed E-state index contributed by atoms with van der Waals surface area (Å²) in [6.45, 7) is 3.49. The van der Waals surface area contributed by atoms with Gasteiger partial charge in [-0.05, 0) is 38.5 Å². The Balaban J connectivity index is 1.75. The molecule has 0 aromatic rings. The molecule has 3 atom stereocenters. The maximum absolute atomic E-state index is 11.1. The zero-order chi connectivity index (χ0) is 13.5. The SMILES string of the molecule is CO[C@]12C=C(C)[C@H](CC1)C[C@@]2(O)CCC1OCCO1. The number of rotatable bonds is 4. The lowest BCUT2D eigenvalue weighted by Crippen LogP contribution is -2.61. The molecule has 4 heteroatoms. The predicted octanol–water partition coefficient (Wildman–Crippen LogP) is 2.02. The van der Waals surface area contributed by atoms with Gasteiger partial charge in [0.2, 0.25) is 0 Å². The van der Waals surface area contributed by atoms with E-state index in [-0.39, 0.29) is 6.29 Å². The molecule has 4 rings (SSSR count). The fraction of sp³-hybridized carbons (Fsp3) is 0.867. The summed E-state index contributed by atoms with van der Waals surface area (Å²) in [5.74, 6) is 0.507. The lowest BCUT2D eigenvalue weighted by molar-refractivity contribution is -0.191. The largest absolute Gasteiger partial charge is 0.387 e. The molecular weight excluding hydrogens is 244 g/mol. The standard InChI is InChI=1S/C15H24O4/c1-11-9-15(17-2)6-3-12(11)10-14(15,16)5-4-13-18-7-8-19-13/h9,12-13,16H,3-8,10H2,1-2H3/t12-,14+,15+/m1/s1. The lowest BCUT2D eigenvalue weighted by atomic mass is 9.59. The van der Waals surface area contributed by atoms with Crippen molar-refractivity contribution < 1.29 is 19.3 Å². The third-order valence-corrected chi connectivity index (χ3v) is 5.19. The Bertz CT molecular complexity index is 374. The summed E-state index contributed by atoms with van der Waals surface area (Å²) in [5.41, 5.74) is 0.0790. The van der Waals surface area contributed by atoms with Gasteiger partial charge in [-0.1, -0.05) is 11.6 Å². The highest BCUT2D eigenvalue weighted by Crippen LogP contribution is 2.52. The molecule has 3 aliphatic carbocycles. The summed E-state index contributed by atoms with van der Waals surface area (Å²) in [5, 5.41) is 11.1. The molecule has 1 aliphatic heterocycles. The first-order valence-electron chi connectivity index (χ1n) is 7.29. The fourth-order valence-corrected chi connectivity index (χ4v) is 3.98. The lowest BCUT2D eigenvalue weighted by Gasteiger charge is -2.54. The minimum Gasteiger partial charge on any atom is -0.387 e. The summed E-state index contributed by atoms with van der Waals surface area (Å²) < 4.78 is 16.7. The average molecular weight is 268 g/mol. The highest BCUT2D eigenvalue weighted by atomic mass is 16.7. The zero-order valence-electron chi connectivity index (χ0n) is 11.9. The number of hydrogen-bond donors (Lipinski definition) is 1. The Labute approximate surface area is 114 Å². The summed E-state index contributed by atoms with van der Waals surface area (Å²) in [6.07, 6.45) is 6.25. The van der Waals surface area contributed by atoms with Crippen LogP contribution in [0.2, 0.25) is 0 Å². The van der Waals surface area contributed by atoms with Crippen LogP contribution < -0.4 is 0 Å². The summed E-state index contributed by atoms with van der Waals surface area (Å²) in [6, 6.07) is 0. The molecule has 0 aromatic carbocycles. The first-order chi connectivity index (χ1) is 9.09. The van der Waals surface area contributed by atoms with Gasteiger partial charge in [0.05, 0.1) is 18.8 Å². The summed E-state index contributed by atoms with van der Waals surface area (Å²) in [4.78, 5) is 0. The molecule has 1 heterocycles. The quantitative estimate of drug-likeness (QED) is 0.792. The third kappa shape index (κ3) is 2.15. The molecule has 0 spiro atoms. The van der Waals surface area contributed by atoms with Crippen LogP contribution in [0.4, 0.5) is 0 Å². The van der Waals surface area contributed by atoms with Crippen molar-refractivity contribution in [3.05, 3.63) is 11.6 Å². The number of methoxy groups -OCH3 is 1. The van der Waals surface area contributed by atoms with Crippen molar-refractivity contribution in [1.82, 2.24) is 0 Å². The van der Waals surface area contributed by atoms with Gasteiger partial charge in [0.1, 0.15) is 5.60 Å². The first-order valence-corrected chi connectivity index (χ1v) is 7.29. The molecule has 4 nitrogen and oxygen atoms in total. The van der Waals surface area contributed by atoms with Crippen LogP contribution in [0.15, 0.2) is 11.6 Å². The van der Waals surface area contributed by atoms with Crippen LogP contribution in [0.3, 0.4) is 0 Å². The van der Waals surface area contributed by atoms with Crippen molar-refractivity contribution in [1.29, 1.82) is 0 Å². The van der Waals surface area contributed by atoms with Crippen molar-refractivity contribution in [2.24, 2.45) is 5.92 Å². The van der Waals surface area contributed by atoms with Gasteiger partial charge in [-0.25, -0.2) is 0 Å². The van der Waals surface area contributed by atoms with E-state index in [4.69, 9.17) is 14.2 Å². The molecular formula is C15H24O4. The third-order valence-electron chi connectivity index (χ3n) is 5.19. The van der Waals surface area contributed by atoms with E-state index in [1.807, 2.05) is 0 Å². The van der Waals surface area contributed by atoms with Gasteiger partial charge in [-0.2, -0.15) is 0 Å². The van der Waals surface area contributed by atoms with E-state index in [0.29, 0.717) is 25.6 Å². The van der Waals surface area contributed by atoms with Crippen molar-refractivity contribution >= 4 is 0 Å². The number of ether oxygens (including phenoxy) is 3. The normalized spacial score (nSPS) is 42.7. The van der Waals surface area contributed by atoms with Gasteiger partial charge < -0.3 is 19.3 Å². The molecule has 1 N–H and O–H groups in total. The van der Waals surface area contributed by atoms with E-state index in [1.165, 1.54) is 5.57 Å². The second-order valence-electron chi connectivity index (χ2n) is 6.16. The predicted molar refractivity (Wildman–Crippen MR) is 70.7 cm³/mol. The Morgan fingerprint density at radius 1 is 1.42 bits per heavy atom. The Hall–Kier alpha value is -0.420. The van der Waals surface area contributed by atoms with Crippen LogP contribution in [0, 0.1) is 5.92 Å². The van der Waals surface area contributed by atoms with Crippen LogP contribution in [-0.2, 0) is 14.2 Å². The van der Waals surface area contributed by atoms with Crippen molar-refractivity contribution in [2.45, 2.75) is 56.5 Å². The molecule has 0 unspecified atom stereocenters. The van der Waals surface area contributed by atoms with Gasteiger partial charge in [0.15, 0.2) is 6.29 Å².